The number of rotatable bonds is 6. The molecule has 0 bridgehead atoms. The van der Waals surface area contributed by atoms with E-state index in [9.17, 15) is 19.7 Å². The second-order valence-electron chi connectivity index (χ2n) is 5.12. The predicted octanol–water partition coefficient (Wildman–Crippen LogP) is 4.14. The lowest BCUT2D eigenvalue weighted by molar-refractivity contribution is -0.384. The van der Waals surface area contributed by atoms with Crippen molar-refractivity contribution in [3.63, 3.8) is 0 Å². The fraction of sp³-hybridized carbons (Fsp3) is 0.0588. The normalized spacial score (nSPS) is 10.1. The van der Waals surface area contributed by atoms with Crippen LogP contribution >= 0.6 is 27.5 Å². The molecule has 2 aromatic carbocycles. The summed E-state index contributed by atoms with van der Waals surface area (Å²) in [6.45, 7) is 3.86. The van der Waals surface area contributed by atoms with E-state index in [1.54, 1.807) is 24.3 Å². The topological polar surface area (TPSA) is 101 Å². The first-order valence-corrected chi connectivity index (χ1v) is 8.42. The molecule has 0 spiro atoms. The van der Waals surface area contributed by atoms with E-state index in [2.05, 4.69) is 33.1 Å². The molecule has 0 heterocycles. The van der Waals surface area contributed by atoms with Gasteiger partial charge in [-0.3, -0.25) is 19.7 Å². The number of nitrogens with zero attached hydrogens (tertiary/aromatic N) is 1. The van der Waals surface area contributed by atoms with Crippen LogP contribution in [0.2, 0.25) is 5.02 Å². The van der Waals surface area contributed by atoms with Crippen LogP contribution in [0.1, 0.15) is 20.7 Å². The van der Waals surface area contributed by atoms with Crippen molar-refractivity contribution in [2.75, 3.05) is 11.9 Å². The van der Waals surface area contributed by atoms with Gasteiger partial charge in [-0.2, -0.15) is 0 Å². The molecule has 0 saturated carbocycles. The van der Waals surface area contributed by atoms with Crippen LogP contribution in [-0.4, -0.2) is 23.3 Å². The highest BCUT2D eigenvalue weighted by molar-refractivity contribution is 9.11. The second-order valence-corrected chi connectivity index (χ2v) is 6.65. The van der Waals surface area contributed by atoms with E-state index < -0.39 is 16.7 Å². The van der Waals surface area contributed by atoms with Crippen LogP contribution in [0.5, 0.6) is 0 Å². The van der Waals surface area contributed by atoms with E-state index in [4.69, 9.17) is 11.6 Å². The van der Waals surface area contributed by atoms with Gasteiger partial charge in [0.2, 0.25) is 0 Å². The number of hydrogen-bond donors (Lipinski definition) is 2. The van der Waals surface area contributed by atoms with Crippen LogP contribution in [0.3, 0.4) is 0 Å². The highest BCUT2D eigenvalue weighted by Gasteiger charge is 2.17. The average molecular weight is 439 g/mol. The zero-order chi connectivity index (χ0) is 19.3. The number of carbonyl (C=O) groups is 2. The van der Waals surface area contributed by atoms with Gasteiger partial charge in [0, 0.05) is 23.2 Å². The van der Waals surface area contributed by atoms with Crippen molar-refractivity contribution < 1.29 is 14.5 Å². The van der Waals surface area contributed by atoms with Crippen molar-refractivity contribution in [3.05, 3.63) is 79.8 Å². The maximum atomic E-state index is 12.4. The van der Waals surface area contributed by atoms with Crippen LogP contribution in [-0.2, 0) is 0 Å². The highest BCUT2D eigenvalue weighted by Crippen LogP contribution is 2.24. The molecular formula is C17H13BrClN3O4. The van der Waals surface area contributed by atoms with Crippen LogP contribution in [0, 0.1) is 10.1 Å². The average Bonchev–Trinajstić information content (AvgIpc) is 2.59. The predicted molar refractivity (Wildman–Crippen MR) is 103 cm³/mol. The zero-order valence-corrected chi connectivity index (χ0v) is 15.6. The molecule has 2 N–H and O–H groups in total. The third-order valence-electron chi connectivity index (χ3n) is 3.27. The van der Waals surface area contributed by atoms with Gasteiger partial charge in [0.1, 0.15) is 0 Å². The lowest BCUT2D eigenvalue weighted by atomic mass is 10.1. The molecular weight excluding hydrogens is 426 g/mol. The minimum atomic E-state index is -0.606. The van der Waals surface area contributed by atoms with E-state index in [1.807, 2.05) is 0 Å². The molecule has 2 amide bonds. The summed E-state index contributed by atoms with van der Waals surface area (Å²) in [5.41, 5.74) is 0.375. The Bertz CT molecular complexity index is 901. The van der Waals surface area contributed by atoms with Gasteiger partial charge in [0.25, 0.3) is 17.5 Å². The molecule has 0 radical (unpaired) electrons. The second kappa shape index (κ2) is 8.59. The Labute approximate surface area is 162 Å². The number of nitro groups is 1. The van der Waals surface area contributed by atoms with Gasteiger partial charge in [-0.15, -0.1) is 0 Å². The minimum absolute atomic E-state index is 0.0568. The minimum Gasteiger partial charge on any atom is -0.347 e. The van der Waals surface area contributed by atoms with Crippen molar-refractivity contribution >= 4 is 50.7 Å². The van der Waals surface area contributed by atoms with Gasteiger partial charge in [-0.25, -0.2) is 0 Å². The molecule has 0 aliphatic rings. The molecule has 9 heteroatoms. The van der Waals surface area contributed by atoms with Crippen LogP contribution in [0.25, 0.3) is 0 Å². The van der Waals surface area contributed by atoms with Crippen molar-refractivity contribution in [3.8, 4) is 0 Å². The van der Waals surface area contributed by atoms with Gasteiger partial charge < -0.3 is 10.6 Å². The highest BCUT2D eigenvalue weighted by atomic mass is 79.9. The van der Waals surface area contributed by atoms with E-state index in [0.29, 0.717) is 4.48 Å². The molecule has 2 rings (SSSR count). The maximum absolute atomic E-state index is 12.4. The van der Waals surface area contributed by atoms with Gasteiger partial charge in [0.15, 0.2) is 0 Å². The molecule has 0 aromatic heterocycles. The first-order chi connectivity index (χ1) is 12.3. The molecule has 0 aliphatic heterocycles. The Morgan fingerprint density at radius 1 is 1.15 bits per heavy atom. The quantitative estimate of drug-likeness (QED) is 0.523. The van der Waals surface area contributed by atoms with Gasteiger partial charge >= 0.3 is 0 Å². The summed E-state index contributed by atoms with van der Waals surface area (Å²) in [7, 11) is 0. The molecule has 134 valence electrons. The van der Waals surface area contributed by atoms with Crippen LogP contribution in [0.15, 0.2) is 53.5 Å². The monoisotopic (exact) mass is 437 g/mol. The van der Waals surface area contributed by atoms with Gasteiger partial charge in [0.05, 0.1) is 26.8 Å². The third-order valence-corrected chi connectivity index (χ3v) is 3.86. The van der Waals surface area contributed by atoms with E-state index in [1.165, 1.54) is 12.1 Å². The van der Waals surface area contributed by atoms with E-state index in [0.717, 1.165) is 6.07 Å². The van der Waals surface area contributed by atoms with Crippen molar-refractivity contribution in [1.29, 1.82) is 0 Å². The summed E-state index contributed by atoms with van der Waals surface area (Å²) < 4.78 is 0.602. The smallest absolute Gasteiger partial charge is 0.270 e. The fourth-order valence-electron chi connectivity index (χ4n) is 2.05. The summed E-state index contributed by atoms with van der Waals surface area (Å²) in [5, 5.41) is 15.9. The van der Waals surface area contributed by atoms with Crippen molar-refractivity contribution in [2.45, 2.75) is 0 Å². The first kappa shape index (κ1) is 19.6. The van der Waals surface area contributed by atoms with Gasteiger partial charge in [-0.1, -0.05) is 46.2 Å². The molecule has 0 unspecified atom stereocenters. The lowest BCUT2D eigenvalue weighted by Gasteiger charge is -2.12. The summed E-state index contributed by atoms with van der Waals surface area (Å²) in [4.78, 5) is 34.8. The van der Waals surface area contributed by atoms with E-state index in [-0.39, 0.29) is 34.1 Å². The number of benzene rings is 2. The molecule has 7 nitrogen and oxygen atoms in total. The molecule has 0 aliphatic carbocycles. The third kappa shape index (κ3) is 4.90. The van der Waals surface area contributed by atoms with Crippen molar-refractivity contribution in [2.24, 2.45) is 0 Å². The number of para-hydroxylation sites is 1. The molecule has 2 aromatic rings. The first-order valence-electron chi connectivity index (χ1n) is 7.25. The number of nitro benzene ring substituents is 1. The summed E-state index contributed by atoms with van der Waals surface area (Å²) >= 11 is 9.11. The standard InChI is InChI=1S/C17H13BrClN3O4/c1-10(18)9-20-16(23)13-4-2-3-5-15(13)21-17(24)12-7-6-11(22(25)26)8-14(12)19/h2-8H,1,9H2,(H,20,23)(H,21,24). The van der Waals surface area contributed by atoms with Crippen LogP contribution < -0.4 is 10.6 Å². The Morgan fingerprint density at radius 2 is 1.85 bits per heavy atom. The zero-order valence-electron chi connectivity index (χ0n) is 13.3. The SMILES string of the molecule is C=C(Br)CNC(=O)c1ccccc1NC(=O)c1ccc([N+](=O)[O-])cc1Cl. The fourth-order valence-corrected chi connectivity index (χ4v) is 2.45. The number of nitrogens with one attached hydrogen (secondary N) is 2. The lowest BCUT2D eigenvalue weighted by Crippen LogP contribution is -2.26. The molecule has 26 heavy (non-hydrogen) atoms. The number of halogens is 2. The largest absolute Gasteiger partial charge is 0.347 e. The molecule has 0 saturated heterocycles. The van der Waals surface area contributed by atoms with Gasteiger partial charge in [-0.05, 0) is 18.2 Å². The Morgan fingerprint density at radius 3 is 2.46 bits per heavy atom. The molecule has 0 fully saturated rings. The number of carbonyl (C=O) groups excluding carboxylic acids is 2. The molecule has 0 atom stereocenters. The Balaban J connectivity index is 2.23. The number of amides is 2. The van der Waals surface area contributed by atoms with Crippen molar-refractivity contribution in [1.82, 2.24) is 5.32 Å². The number of anilines is 1. The Hall–Kier alpha value is -2.71. The van der Waals surface area contributed by atoms with Crippen LogP contribution in [0.4, 0.5) is 11.4 Å². The summed E-state index contributed by atoms with van der Waals surface area (Å²) in [6.07, 6.45) is 0. The van der Waals surface area contributed by atoms with E-state index >= 15 is 0 Å². The maximum Gasteiger partial charge on any atom is 0.270 e. The summed E-state index contributed by atoms with van der Waals surface area (Å²) in [6, 6.07) is 9.97. The number of hydrogen-bond acceptors (Lipinski definition) is 4. The Kier molecular flexibility index (Phi) is 6.48. The number of non-ortho nitro benzene ring substituents is 1. The summed E-state index contributed by atoms with van der Waals surface area (Å²) in [5.74, 6) is -0.980.